The van der Waals surface area contributed by atoms with Crippen LogP contribution in [0.25, 0.3) is 0 Å². The summed E-state index contributed by atoms with van der Waals surface area (Å²) in [6.45, 7) is 5.25. The first kappa shape index (κ1) is 11.9. The van der Waals surface area contributed by atoms with Crippen molar-refractivity contribution in [3.05, 3.63) is 65.1 Å². The summed E-state index contributed by atoms with van der Waals surface area (Å²) in [4.78, 5) is 0.877. The van der Waals surface area contributed by atoms with E-state index in [1.54, 1.807) is 31.2 Å². The van der Waals surface area contributed by atoms with Gasteiger partial charge in [0.05, 0.1) is 4.90 Å². The van der Waals surface area contributed by atoms with Crippen molar-refractivity contribution >= 4 is 9.84 Å². The molecule has 1 aliphatic rings. The Morgan fingerprint density at radius 2 is 2.00 bits per heavy atom. The number of benzene rings is 1. The summed E-state index contributed by atoms with van der Waals surface area (Å²) >= 11 is 0. The van der Waals surface area contributed by atoms with E-state index in [1.165, 1.54) is 0 Å². The van der Waals surface area contributed by atoms with Crippen molar-refractivity contribution in [1.82, 2.24) is 0 Å². The van der Waals surface area contributed by atoms with Crippen LogP contribution < -0.4 is 0 Å². The molecule has 3 heteroatoms. The summed E-state index contributed by atoms with van der Waals surface area (Å²) in [7, 11) is -3.31. The number of rotatable bonds is 2. The third kappa shape index (κ3) is 1.98. The molecule has 0 aromatic heterocycles. The third-order valence-electron chi connectivity index (χ3n) is 2.93. The first-order chi connectivity index (χ1) is 8.07. The quantitative estimate of drug-likeness (QED) is 0.752. The van der Waals surface area contributed by atoms with E-state index in [9.17, 15) is 8.42 Å². The van der Waals surface area contributed by atoms with Gasteiger partial charge >= 0.3 is 0 Å². The first-order valence-corrected chi connectivity index (χ1v) is 6.87. The zero-order valence-electron chi connectivity index (χ0n) is 9.68. The summed E-state index contributed by atoms with van der Waals surface area (Å²) in [5.74, 6) is 0. The average molecular weight is 246 g/mol. The standard InChI is InChI=1S/C14H14O2S/c1-3-4-7-12-10-13-8-5-6-9-14(13)17(15,16)11(12)2/h3-9H,1,10H2,2H3/b7-4-. The molecule has 1 aliphatic heterocycles. The molecular formula is C14H14O2S. The smallest absolute Gasteiger partial charge is 0.203 e. The third-order valence-corrected chi connectivity index (χ3v) is 4.98. The van der Waals surface area contributed by atoms with Crippen LogP contribution in [-0.2, 0) is 16.3 Å². The van der Waals surface area contributed by atoms with E-state index in [-0.39, 0.29) is 0 Å². The van der Waals surface area contributed by atoms with Crippen LogP contribution in [-0.4, -0.2) is 8.42 Å². The number of hydrogen-bond donors (Lipinski definition) is 0. The Bertz CT molecular complexity index is 619. The van der Waals surface area contributed by atoms with E-state index in [0.717, 1.165) is 11.1 Å². The fourth-order valence-corrected chi connectivity index (χ4v) is 3.50. The highest BCUT2D eigenvalue weighted by Crippen LogP contribution is 2.32. The van der Waals surface area contributed by atoms with Gasteiger partial charge in [-0.15, -0.1) is 0 Å². The molecule has 0 saturated carbocycles. The predicted molar refractivity (Wildman–Crippen MR) is 69.4 cm³/mol. The molecule has 0 fully saturated rings. The fraction of sp³-hybridized carbons (Fsp3) is 0.143. The van der Waals surface area contributed by atoms with Crippen LogP contribution in [0.1, 0.15) is 12.5 Å². The van der Waals surface area contributed by atoms with E-state index in [2.05, 4.69) is 6.58 Å². The second-order valence-corrected chi connectivity index (χ2v) is 6.02. The van der Waals surface area contributed by atoms with Gasteiger partial charge in [0.2, 0.25) is 9.84 Å². The minimum absolute atomic E-state index is 0.438. The fourth-order valence-electron chi connectivity index (χ4n) is 1.94. The molecule has 2 nitrogen and oxygen atoms in total. The van der Waals surface area contributed by atoms with Crippen molar-refractivity contribution in [3.63, 3.8) is 0 Å². The maximum absolute atomic E-state index is 12.3. The lowest BCUT2D eigenvalue weighted by molar-refractivity contribution is 0.599. The van der Waals surface area contributed by atoms with Crippen LogP contribution in [0.2, 0.25) is 0 Å². The molecule has 0 saturated heterocycles. The Hall–Kier alpha value is -1.61. The summed E-state index contributed by atoms with van der Waals surface area (Å²) in [5.41, 5.74) is 1.70. The zero-order valence-corrected chi connectivity index (χ0v) is 10.5. The molecule has 1 heterocycles. The monoisotopic (exact) mass is 246 g/mol. The molecule has 0 bridgehead atoms. The molecule has 17 heavy (non-hydrogen) atoms. The van der Waals surface area contributed by atoms with Crippen molar-refractivity contribution in [2.24, 2.45) is 0 Å². The molecule has 1 aromatic carbocycles. The Morgan fingerprint density at radius 3 is 2.71 bits per heavy atom. The number of hydrogen-bond acceptors (Lipinski definition) is 2. The summed E-state index contributed by atoms with van der Waals surface area (Å²) in [6.07, 6.45) is 5.89. The molecule has 88 valence electrons. The van der Waals surface area contributed by atoms with Crippen molar-refractivity contribution in [2.45, 2.75) is 18.2 Å². The molecule has 0 radical (unpaired) electrons. The normalized spacial score (nSPS) is 18.2. The van der Waals surface area contributed by atoms with Crippen molar-refractivity contribution in [3.8, 4) is 0 Å². The molecule has 0 spiro atoms. The second-order valence-electron chi connectivity index (χ2n) is 3.96. The summed E-state index contributed by atoms with van der Waals surface area (Å²) < 4.78 is 24.5. The van der Waals surface area contributed by atoms with Crippen LogP contribution in [0.4, 0.5) is 0 Å². The Balaban J connectivity index is 2.63. The molecule has 0 aliphatic carbocycles. The van der Waals surface area contributed by atoms with E-state index in [1.807, 2.05) is 18.2 Å². The van der Waals surface area contributed by atoms with Crippen LogP contribution in [0.3, 0.4) is 0 Å². The number of fused-ring (bicyclic) bond motifs is 1. The molecule has 0 amide bonds. The number of allylic oxidation sites excluding steroid dienone is 5. The molecule has 1 aromatic rings. The zero-order chi connectivity index (χ0) is 12.5. The summed E-state index contributed by atoms with van der Waals surface area (Å²) in [5, 5.41) is 0. The average Bonchev–Trinajstić information content (AvgIpc) is 2.32. The topological polar surface area (TPSA) is 34.1 Å². The molecule has 0 N–H and O–H groups in total. The van der Waals surface area contributed by atoms with Gasteiger partial charge in [-0.25, -0.2) is 8.42 Å². The van der Waals surface area contributed by atoms with Gasteiger partial charge in [-0.1, -0.05) is 43.0 Å². The largest absolute Gasteiger partial charge is 0.219 e. The van der Waals surface area contributed by atoms with E-state index >= 15 is 0 Å². The summed E-state index contributed by atoms with van der Waals surface area (Å²) in [6, 6.07) is 7.15. The van der Waals surface area contributed by atoms with Gasteiger partial charge in [-0.3, -0.25) is 0 Å². The lowest BCUT2D eigenvalue weighted by atomic mass is 10.0. The Morgan fingerprint density at radius 1 is 1.29 bits per heavy atom. The van der Waals surface area contributed by atoms with Gasteiger partial charge in [0.1, 0.15) is 0 Å². The highest BCUT2D eigenvalue weighted by atomic mass is 32.2. The predicted octanol–water partition coefficient (Wildman–Crippen LogP) is 3.03. The Kier molecular flexibility index (Phi) is 3.03. The molecule has 2 rings (SSSR count). The van der Waals surface area contributed by atoms with Crippen molar-refractivity contribution < 1.29 is 8.42 Å². The van der Waals surface area contributed by atoms with Gasteiger partial charge in [-0.05, 0) is 30.5 Å². The van der Waals surface area contributed by atoms with E-state index in [0.29, 0.717) is 16.2 Å². The second kappa shape index (κ2) is 4.34. The first-order valence-electron chi connectivity index (χ1n) is 5.39. The van der Waals surface area contributed by atoms with E-state index < -0.39 is 9.84 Å². The van der Waals surface area contributed by atoms with Gasteiger partial charge in [0.25, 0.3) is 0 Å². The number of sulfone groups is 1. The highest BCUT2D eigenvalue weighted by molar-refractivity contribution is 7.95. The van der Waals surface area contributed by atoms with Gasteiger partial charge in [-0.2, -0.15) is 0 Å². The highest BCUT2D eigenvalue weighted by Gasteiger charge is 2.27. The van der Waals surface area contributed by atoms with Gasteiger partial charge < -0.3 is 0 Å². The van der Waals surface area contributed by atoms with Crippen LogP contribution in [0, 0.1) is 0 Å². The molecular weight excluding hydrogens is 232 g/mol. The van der Waals surface area contributed by atoms with Crippen LogP contribution in [0.5, 0.6) is 0 Å². The van der Waals surface area contributed by atoms with Gasteiger partial charge in [0.15, 0.2) is 0 Å². The van der Waals surface area contributed by atoms with Crippen LogP contribution in [0.15, 0.2) is 64.4 Å². The van der Waals surface area contributed by atoms with E-state index in [4.69, 9.17) is 0 Å². The lowest BCUT2D eigenvalue weighted by Crippen LogP contribution is -2.14. The lowest BCUT2D eigenvalue weighted by Gasteiger charge is -2.19. The minimum atomic E-state index is -3.31. The Labute approximate surface area is 102 Å². The maximum atomic E-state index is 12.3. The molecule has 0 atom stereocenters. The molecule has 0 unspecified atom stereocenters. The maximum Gasteiger partial charge on any atom is 0.203 e. The van der Waals surface area contributed by atoms with Gasteiger partial charge in [0, 0.05) is 4.91 Å². The SMILES string of the molecule is C=C/C=C\C1=C(C)S(=O)(=O)c2ccccc2C1. The van der Waals surface area contributed by atoms with Crippen molar-refractivity contribution in [2.75, 3.05) is 0 Å². The van der Waals surface area contributed by atoms with Crippen LogP contribution >= 0.6 is 0 Å². The minimum Gasteiger partial charge on any atom is -0.219 e. The van der Waals surface area contributed by atoms with Crippen molar-refractivity contribution in [1.29, 1.82) is 0 Å².